The summed E-state index contributed by atoms with van der Waals surface area (Å²) in [5, 5.41) is 32.9. The molecule has 3 amide bonds. The molecule has 0 radical (unpaired) electrons. The summed E-state index contributed by atoms with van der Waals surface area (Å²) in [7, 11) is 0. The third kappa shape index (κ3) is 5.96. The van der Waals surface area contributed by atoms with E-state index in [4.69, 9.17) is 23.2 Å². The van der Waals surface area contributed by atoms with Gasteiger partial charge in [-0.15, -0.1) is 0 Å². The maximum Gasteiger partial charge on any atom is 0.270 e. The van der Waals surface area contributed by atoms with E-state index in [1.165, 1.54) is 27.8 Å². The summed E-state index contributed by atoms with van der Waals surface area (Å²) in [6.07, 6.45) is 3.54. The lowest BCUT2D eigenvalue weighted by atomic mass is 9.91. The molecular weight excluding hydrogens is 734 g/mol. The van der Waals surface area contributed by atoms with E-state index in [1.54, 1.807) is 31.2 Å². The molecule has 0 unspecified atom stereocenters. The maximum atomic E-state index is 14.4. The average molecular weight is 766 g/mol. The lowest BCUT2D eigenvalue weighted by molar-refractivity contribution is -0.125. The third-order valence-corrected chi connectivity index (χ3v) is 11.0. The molecule has 8 rings (SSSR count). The monoisotopic (exact) mass is 764 g/mol. The zero-order valence-electron chi connectivity index (χ0n) is 28.7. The van der Waals surface area contributed by atoms with E-state index in [1.807, 2.05) is 36.4 Å². The molecule has 15 heteroatoms. The van der Waals surface area contributed by atoms with Gasteiger partial charge in [-0.25, -0.2) is 14.3 Å². The van der Waals surface area contributed by atoms with Crippen molar-refractivity contribution in [3.63, 3.8) is 0 Å². The van der Waals surface area contributed by atoms with Gasteiger partial charge in [0.2, 0.25) is 11.9 Å². The number of carbonyl (C=O) groups excluding carboxylic acids is 3. The number of halogens is 3. The number of aliphatic hydroxyl groups is 1. The number of benzene rings is 3. The van der Waals surface area contributed by atoms with Crippen molar-refractivity contribution in [1.82, 2.24) is 30.4 Å². The lowest BCUT2D eigenvalue weighted by Gasteiger charge is -2.27. The van der Waals surface area contributed by atoms with Gasteiger partial charge in [0.15, 0.2) is 5.82 Å². The number of nitrogens with one attached hydrogen (secondary N) is 2. The van der Waals surface area contributed by atoms with Crippen molar-refractivity contribution in [2.75, 3.05) is 4.90 Å². The highest BCUT2D eigenvalue weighted by Crippen LogP contribution is 2.48. The van der Waals surface area contributed by atoms with Gasteiger partial charge in [-0.05, 0) is 80.1 Å². The summed E-state index contributed by atoms with van der Waals surface area (Å²) in [4.78, 5) is 48.2. The highest BCUT2D eigenvalue weighted by Gasteiger charge is 2.57. The van der Waals surface area contributed by atoms with Gasteiger partial charge in [0.1, 0.15) is 16.8 Å². The quantitative estimate of drug-likeness (QED) is 0.149. The third-order valence-electron chi connectivity index (χ3n) is 10.4. The number of rotatable bonds is 10. The van der Waals surface area contributed by atoms with Crippen LogP contribution in [0.15, 0.2) is 79.0 Å². The van der Waals surface area contributed by atoms with Crippen LogP contribution >= 0.6 is 23.2 Å². The highest BCUT2D eigenvalue weighted by atomic mass is 35.5. The maximum absolute atomic E-state index is 14.4. The van der Waals surface area contributed by atoms with Gasteiger partial charge in [0.25, 0.3) is 11.8 Å². The zero-order valence-corrected chi connectivity index (χ0v) is 30.2. The van der Waals surface area contributed by atoms with E-state index in [2.05, 4.69) is 31.9 Å². The molecule has 0 spiro atoms. The molecule has 0 saturated heterocycles. The summed E-state index contributed by atoms with van der Waals surface area (Å²) in [6.45, 7) is 1.61. The van der Waals surface area contributed by atoms with Crippen molar-refractivity contribution < 1.29 is 23.9 Å². The van der Waals surface area contributed by atoms with Crippen LogP contribution in [0.5, 0.6) is 0 Å². The average Bonchev–Trinajstić information content (AvgIpc) is 4.09. The van der Waals surface area contributed by atoms with Gasteiger partial charge in [0, 0.05) is 12.0 Å². The topological polar surface area (TPSA) is 166 Å². The van der Waals surface area contributed by atoms with Crippen LogP contribution in [0, 0.1) is 17.1 Å². The number of hydrogen-bond acceptors (Lipinski definition) is 8. The Balaban J connectivity index is 1.06. The predicted octanol–water partition coefficient (Wildman–Crippen LogP) is 5.85. The van der Waals surface area contributed by atoms with E-state index in [-0.39, 0.29) is 46.3 Å². The largest absolute Gasteiger partial charge is 0.392 e. The minimum atomic E-state index is -1.43. The summed E-state index contributed by atoms with van der Waals surface area (Å²) >= 11 is 12.3. The normalized spacial score (nSPS) is 18.8. The molecule has 2 fully saturated rings. The van der Waals surface area contributed by atoms with Gasteiger partial charge < -0.3 is 15.7 Å². The number of carbonyl (C=O) groups is 3. The Morgan fingerprint density at radius 2 is 1.61 bits per heavy atom. The molecule has 2 saturated carbocycles. The van der Waals surface area contributed by atoms with Gasteiger partial charge in [-0.2, -0.15) is 15.5 Å². The fourth-order valence-electron chi connectivity index (χ4n) is 6.97. The molecule has 272 valence electrons. The molecule has 2 aliphatic carbocycles. The molecule has 12 nitrogen and oxygen atoms in total. The minimum Gasteiger partial charge on any atom is -0.392 e. The Kier molecular flexibility index (Phi) is 8.52. The van der Waals surface area contributed by atoms with E-state index in [9.17, 15) is 29.1 Å². The smallest absolute Gasteiger partial charge is 0.270 e. The van der Waals surface area contributed by atoms with Gasteiger partial charge in [-0.3, -0.25) is 19.0 Å². The Morgan fingerprint density at radius 1 is 0.944 bits per heavy atom. The fourth-order valence-corrected chi connectivity index (χ4v) is 7.45. The van der Waals surface area contributed by atoms with E-state index >= 15 is 0 Å². The lowest BCUT2D eigenvalue weighted by Crippen LogP contribution is -2.52. The predicted molar refractivity (Wildman–Crippen MR) is 196 cm³/mol. The van der Waals surface area contributed by atoms with Crippen LogP contribution in [-0.2, 0) is 33.7 Å². The Morgan fingerprint density at radius 3 is 2.19 bits per heavy atom. The van der Waals surface area contributed by atoms with E-state index in [0.717, 1.165) is 11.1 Å². The fraction of sp³-hybridized carbons (Fsp3) is 0.256. The van der Waals surface area contributed by atoms with Crippen molar-refractivity contribution in [3.8, 4) is 17.3 Å². The van der Waals surface area contributed by atoms with E-state index in [0.29, 0.717) is 48.2 Å². The number of anilines is 2. The Bertz CT molecular complexity index is 2360. The molecule has 3 aromatic carbocycles. The first-order valence-corrected chi connectivity index (χ1v) is 17.9. The van der Waals surface area contributed by atoms with Crippen LogP contribution < -0.4 is 15.5 Å². The molecule has 3 N–H and O–H groups in total. The molecule has 3 aliphatic rings. The molecule has 1 atom stereocenters. The molecule has 3 heterocycles. The Labute approximate surface area is 318 Å². The molecule has 0 bridgehead atoms. The second-order valence-corrected chi connectivity index (χ2v) is 14.9. The van der Waals surface area contributed by atoms with Crippen LogP contribution in [-0.4, -0.2) is 48.1 Å². The molecule has 54 heavy (non-hydrogen) atoms. The van der Waals surface area contributed by atoms with Crippen LogP contribution in [0.3, 0.4) is 0 Å². The van der Waals surface area contributed by atoms with Gasteiger partial charge >= 0.3 is 0 Å². The number of aliphatic hydroxyl groups excluding tert-OH is 1. The van der Waals surface area contributed by atoms with Crippen LogP contribution in [0.1, 0.15) is 65.5 Å². The summed E-state index contributed by atoms with van der Waals surface area (Å²) in [6, 6.07) is 22.3. The standard InChI is InChI=1S/C39H31Cl2FN8O4/c1-37(18-22-2-4-23(19-43)5-3-22)35(54)49(26-16-27(40)32(42)28(41)17-26)36-44-20-30(50(36)37)33(52)45-39(14-15-39)34(53)46-38(12-13-38)31-11-10-29(47-48-31)25-8-6-24(21-51)7-9-25/h2-11,16-17,20,51H,12-15,18,21H2,1H3,(H,45,52)(H,46,53)/t37-/m1/s1. The molecule has 2 aromatic heterocycles. The van der Waals surface area contributed by atoms with Crippen molar-refractivity contribution in [1.29, 1.82) is 5.26 Å². The number of fused-ring (bicyclic) bond motifs is 1. The highest BCUT2D eigenvalue weighted by molar-refractivity contribution is 6.35. The SMILES string of the molecule is C[C@@]1(Cc2ccc(C#N)cc2)C(=O)N(c2cc(Cl)c(F)c(Cl)c2)c2ncc(C(=O)NC3(C(=O)NC4(c5ccc(-c6ccc(CO)cc6)nn5)CC4)CC3)n21. The Hall–Kier alpha value is -5.68. The molecular formula is C39H31Cl2FN8O4. The molecule has 1 aliphatic heterocycles. The summed E-state index contributed by atoms with van der Waals surface area (Å²) < 4.78 is 15.9. The number of amides is 3. The van der Waals surface area contributed by atoms with Crippen molar-refractivity contribution in [2.45, 2.75) is 62.3 Å². The van der Waals surface area contributed by atoms with Crippen LogP contribution in [0.25, 0.3) is 11.3 Å². The minimum absolute atomic E-state index is 0.0324. The number of nitrogens with zero attached hydrogens (tertiary/aromatic N) is 6. The second kappa shape index (κ2) is 13.0. The number of aromatic nitrogens is 4. The molecule has 5 aromatic rings. The van der Waals surface area contributed by atoms with Crippen molar-refractivity contribution >= 4 is 52.6 Å². The first kappa shape index (κ1) is 35.4. The first-order valence-electron chi connectivity index (χ1n) is 17.2. The zero-order chi connectivity index (χ0) is 38.0. The number of imidazole rings is 1. The van der Waals surface area contributed by atoms with Crippen molar-refractivity contribution in [2.24, 2.45) is 0 Å². The number of hydrogen-bond donors (Lipinski definition) is 3. The van der Waals surface area contributed by atoms with Crippen LogP contribution in [0.4, 0.5) is 16.0 Å². The van der Waals surface area contributed by atoms with Crippen LogP contribution in [0.2, 0.25) is 10.0 Å². The summed E-state index contributed by atoms with van der Waals surface area (Å²) in [5.41, 5.74) is 0.890. The summed E-state index contributed by atoms with van der Waals surface area (Å²) in [5.74, 6) is -2.20. The van der Waals surface area contributed by atoms with E-state index < -0.39 is 34.2 Å². The van der Waals surface area contributed by atoms with Gasteiger partial charge in [-0.1, -0.05) is 59.6 Å². The first-order chi connectivity index (χ1) is 25.9. The number of nitriles is 1. The second-order valence-electron chi connectivity index (χ2n) is 14.1. The van der Waals surface area contributed by atoms with Gasteiger partial charge in [0.05, 0.1) is 57.1 Å². The van der Waals surface area contributed by atoms with Crippen molar-refractivity contribution in [3.05, 3.63) is 123 Å².